The maximum Gasteiger partial charge on any atom is 0.243 e. The fraction of sp³-hybridized carbons (Fsp3) is 0.350. The third-order valence-corrected chi connectivity index (χ3v) is 6.97. The van der Waals surface area contributed by atoms with Gasteiger partial charge in [0.15, 0.2) is 0 Å². The van der Waals surface area contributed by atoms with E-state index in [-0.39, 0.29) is 23.3 Å². The molecule has 1 N–H and O–H groups in total. The smallest absolute Gasteiger partial charge is 0.243 e. The first-order valence-electron chi connectivity index (χ1n) is 9.00. The molecule has 0 aromatic heterocycles. The maximum atomic E-state index is 13.1. The molecular weight excluding hydrogens is 384 g/mol. The second-order valence-corrected chi connectivity index (χ2v) is 9.16. The van der Waals surface area contributed by atoms with E-state index in [0.717, 1.165) is 18.4 Å². The highest BCUT2D eigenvalue weighted by Crippen LogP contribution is 2.27. The van der Waals surface area contributed by atoms with Crippen LogP contribution in [-0.2, 0) is 14.8 Å². The predicted octanol–water partition coefficient (Wildman–Crippen LogP) is 4.22. The second kappa shape index (κ2) is 8.42. The first-order valence-corrected chi connectivity index (χ1v) is 10.8. The fourth-order valence-electron chi connectivity index (χ4n) is 3.30. The lowest BCUT2D eigenvalue weighted by atomic mass is 10.0. The molecule has 0 saturated carbocycles. The van der Waals surface area contributed by atoms with Crippen LogP contribution >= 0.6 is 11.6 Å². The Kier molecular flexibility index (Phi) is 6.19. The van der Waals surface area contributed by atoms with Crippen molar-refractivity contribution in [1.29, 1.82) is 0 Å². The zero-order valence-corrected chi connectivity index (χ0v) is 16.8. The number of hydrogen-bond acceptors (Lipinski definition) is 3. The van der Waals surface area contributed by atoms with Gasteiger partial charge in [0, 0.05) is 29.7 Å². The van der Waals surface area contributed by atoms with Crippen molar-refractivity contribution in [2.24, 2.45) is 0 Å². The Bertz CT molecular complexity index is 896. The van der Waals surface area contributed by atoms with Crippen LogP contribution in [0.1, 0.15) is 31.2 Å². The molecule has 3 rings (SSSR count). The van der Waals surface area contributed by atoms with E-state index in [0.29, 0.717) is 23.7 Å². The Hall–Kier alpha value is -1.89. The molecule has 0 bridgehead atoms. The molecule has 5 nitrogen and oxygen atoms in total. The number of rotatable bonds is 5. The van der Waals surface area contributed by atoms with E-state index in [4.69, 9.17) is 11.6 Å². The third kappa shape index (κ3) is 4.89. The third-order valence-electron chi connectivity index (χ3n) is 4.75. The number of halogens is 1. The topological polar surface area (TPSA) is 66.5 Å². The summed E-state index contributed by atoms with van der Waals surface area (Å²) in [5, 5.41) is 3.41. The monoisotopic (exact) mass is 406 g/mol. The van der Waals surface area contributed by atoms with Crippen molar-refractivity contribution >= 4 is 33.2 Å². The Balaban J connectivity index is 1.73. The summed E-state index contributed by atoms with van der Waals surface area (Å²) in [4.78, 5) is 12.7. The summed E-state index contributed by atoms with van der Waals surface area (Å²) in [5.41, 5.74) is 1.65. The van der Waals surface area contributed by atoms with Gasteiger partial charge >= 0.3 is 0 Å². The SMILES string of the molecule is Cc1ccc(S(=O)(=O)N2CCCC[C@@H]2CC(=O)Nc2ccc(Cl)cc2)cc1. The molecule has 0 spiro atoms. The number of piperidine rings is 1. The predicted molar refractivity (Wildman–Crippen MR) is 107 cm³/mol. The number of benzene rings is 2. The summed E-state index contributed by atoms with van der Waals surface area (Å²) in [6.07, 6.45) is 2.53. The van der Waals surface area contributed by atoms with E-state index >= 15 is 0 Å². The van der Waals surface area contributed by atoms with Gasteiger partial charge in [0.25, 0.3) is 0 Å². The number of anilines is 1. The van der Waals surface area contributed by atoms with Crippen LogP contribution in [0.15, 0.2) is 53.4 Å². The van der Waals surface area contributed by atoms with Gasteiger partial charge in [0.2, 0.25) is 15.9 Å². The molecule has 1 aliphatic rings. The molecule has 1 aliphatic heterocycles. The average Bonchev–Trinajstić information content (AvgIpc) is 2.64. The summed E-state index contributed by atoms with van der Waals surface area (Å²) < 4.78 is 27.6. The van der Waals surface area contributed by atoms with Crippen LogP contribution in [0.5, 0.6) is 0 Å². The van der Waals surface area contributed by atoms with E-state index in [2.05, 4.69) is 5.32 Å². The first kappa shape index (κ1) is 19.9. The molecular formula is C20H23ClN2O3S. The van der Waals surface area contributed by atoms with Crippen LogP contribution in [0, 0.1) is 6.92 Å². The minimum Gasteiger partial charge on any atom is -0.326 e. The van der Waals surface area contributed by atoms with Gasteiger partial charge in [-0.15, -0.1) is 0 Å². The molecule has 2 aromatic carbocycles. The fourth-order valence-corrected chi connectivity index (χ4v) is 5.12. The lowest BCUT2D eigenvalue weighted by Crippen LogP contribution is -2.45. The van der Waals surface area contributed by atoms with Gasteiger partial charge < -0.3 is 5.32 Å². The molecule has 144 valence electrons. The molecule has 1 atom stereocenters. The zero-order chi connectivity index (χ0) is 19.4. The van der Waals surface area contributed by atoms with Crippen molar-refractivity contribution in [3.05, 3.63) is 59.1 Å². The molecule has 1 saturated heterocycles. The Morgan fingerprint density at radius 2 is 1.78 bits per heavy atom. The van der Waals surface area contributed by atoms with Gasteiger partial charge in [-0.1, -0.05) is 35.7 Å². The summed E-state index contributed by atoms with van der Waals surface area (Å²) in [7, 11) is -3.62. The molecule has 0 aliphatic carbocycles. The van der Waals surface area contributed by atoms with E-state index < -0.39 is 10.0 Å². The van der Waals surface area contributed by atoms with Crippen molar-refractivity contribution in [2.45, 2.75) is 43.5 Å². The molecule has 0 unspecified atom stereocenters. The number of nitrogens with zero attached hydrogens (tertiary/aromatic N) is 1. The number of amides is 1. The van der Waals surface area contributed by atoms with Crippen LogP contribution in [0.25, 0.3) is 0 Å². The summed E-state index contributed by atoms with van der Waals surface area (Å²) in [5.74, 6) is -0.201. The number of nitrogens with one attached hydrogen (secondary N) is 1. The van der Waals surface area contributed by atoms with Crippen molar-refractivity contribution < 1.29 is 13.2 Å². The number of aryl methyl sites for hydroxylation is 1. The van der Waals surface area contributed by atoms with Crippen LogP contribution in [0.2, 0.25) is 5.02 Å². The van der Waals surface area contributed by atoms with Crippen molar-refractivity contribution in [3.8, 4) is 0 Å². The lowest BCUT2D eigenvalue weighted by molar-refractivity contribution is -0.117. The van der Waals surface area contributed by atoms with Gasteiger partial charge in [-0.3, -0.25) is 4.79 Å². The van der Waals surface area contributed by atoms with E-state index in [9.17, 15) is 13.2 Å². The van der Waals surface area contributed by atoms with E-state index in [1.165, 1.54) is 4.31 Å². The molecule has 7 heteroatoms. The molecule has 0 radical (unpaired) electrons. The van der Waals surface area contributed by atoms with Gasteiger partial charge in [-0.05, 0) is 56.2 Å². The van der Waals surface area contributed by atoms with Crippen LogP contribution < -0.4 is 5.32 Å². The number of sulfonamides is 1. The largest absolute Gasteiger partial charge is 0.326 e. The highest BCUT2D eigenvalue weighted by Gasteiger charge is 2.34. The van der Waals surface area contributed by atoms with Crippen LogP contribution in [0.4, 0.5) is 5.69 Å². The van der Waals surface area contributed by atoms with Crippen molar-refractivity contribution in [3.63, 3.8) is 0 Å². The molecule has 27 heavy (non-hydrogen) atoms. The number of carbonyl (C=O) groups excluding carboxylic acids is 1. The molecule has 1 fully saturated rings. The first-order chi connectivity index (χ1) is 12.9. The quantitative estimate of drug-likeness (QED) is 0.808. The highest BCUT2D eigenvalue weighted by molar-refractivity contribution is 7.89. The summed E-state index contributed by atoms with van der Waals surface area (Å²) in [6.45, 7) is 2.36. The average molecular weight is 407 g/mol. The Morgan fingerprint density at radius 1 is 1.11 bits per heavy atom. The normalized spacial score (nSPS) is 18.2. The number of hydrogen-bond donors (Lipinski definition) is 1. The van der Waals surface area contributed by atoms with E-state index in [1.807, 2.05) is 6.92 Å². The van der Waals surface area contributed by atoms with E-state index in [1.54, 1.807) is 48.5 Å². The minimum atomic E-state index is -3.62. The van der Waals surface area contributed by atoms with Gasteiger partial charge in [0.1, 0.15) is 0 Å². The maximum absolute atomic E-state index is 13.1. The molecule has 1 heterocycles. The van der Waals surface area contributed by atoms with Crippen molar-refractivity contribution in [2.75, 3.05) is 11.9 Å². The molecule has 1 amide bonds. The minimum absolute atomic E-state index is 0.133. The highest BCUT2D eigenvalue weighted by atomic mass is 35.5. The summed E-state index contributed by atoms with van der Waals surface area (Å²) >= 11 is 5.86. The zero-order valence-electron chi connectivity index (χ0n) is 15.2. The van der Waals surface area contributed by atoms with Gasteiger partial charge in [0.05, 0.1) is 4.90 Å². The molecule has 2 aromatic rings. The number of carbonyl (C=O) groups is 1. The summed E-state index contributed by atoms with van der Waals surface area (Å²) in [6, 6.07) is 13.4. The van der Waals surface area contributed by atoms with Crippen molar-refractivity contribution in [1.82, 2.24) is 4.31 Å². The Morgan fingerprint density at radius 3 is 2.44 bits per heavy atom. The Labute approximate surface area is 165 Å². The van der Waals surface area contributed by atoms with Gasteiger partial charge in [-0.25, -0.2) is 8.42 Å². The standard InChI is InChI=1S/C20H23ClN2O3S/c1-15-5-11-19(12-6-15)27(25,26)23-13-3-2-4-18(23)14-20(24)22-17-9-7-16(21)8-10-17/h5-12,18H,2-4,13-14H2,1H3,(H,22,24)/t18-/m1/s1. The second-order valence-electron chi connectivity index (χ2n) is 6.84. The van der Waals surface area contributed by atoms with Gasteiger partial charge in [-0.2, -0.15) is 4.31 Å². The van der Waals surface area contributed by atoms with Crippen LogP contribution in [0.3, 0.4) is 0 Å². The lowest BCUT2D eigenvalue weighted by Gasteiger charge is -2.34. The van der Waals surface area contributed by atoms with Crippen LogP contribution in [-0.4, -0.2) is 31.2 Å².